The second-order valence-electron chi connectivity index (χ2n) is 9.72. The lowest BCUT2D eigenvalue weighted by Crippen LogP contribution is -2.50. The Morgan fingerprint density at radius 2 is 1.96 bits per heavy atom. The van der Waals surface area contributed by atoms with E-state index in [1.54, 1.807) is 0 Å². The van der Waals surface area contributed by atoms with Crippen LogP contribution in [0.5, 0.6) is 11.5 Å². The van der Waals surface area contributed by atoms with Gasteiger partial charge in [-0.15, -0.1) is 4.52 Å². The minimum Gasteiger partial charge on any atom is -0.500 e. The van der Waals surface area contributed by atoms with Crippen molar-refractivity contribution in [3.63, 3.8) is 0 Å². The Hall–Kier alpha value is -4.57. The highest BCUT2D eigenvalue weighted by Crippen LogP contribution is 2.61. The third-order valence-corrected chi connectivity index (χ3v) is 8.58. The van der Waals surface area contributed by atoms with E-state index in [-0.39, 0.29) is 53.9 Å². The molecule has 3 aromatic rings. The fourth-order valence-corrected chi connectivity index (χ4v) is 6.41. The van der Waals surface area contributed by atoms with Crippen molar-refractivity contribution in [3.8, 4) is 11.5 Å². The number of aromatic hydroxyl groups is 1. The Morgan fingerprint density at radius 1 is 1.15 bits per heavy atom. The Balaban J connectivity index is 1.29. The molecule has 4 aliphatic heterocycles. The van der Waals surface area contributed by atoms with Crippen LogP contribution in [0.4, 0.5) is 11.8 Å². The summed E-state index contributed by atoms with van der Waals surface area (Å²) in [6.07, 6.45) is -0.350. The van der Waals surface area contributed by atoms with Crippen molar-refractivity contribution in [2.24, 2.45) is 0 Å². The van der Waals surface area contributed by atoms with Gasteiger partial charge in [0, 0.05) is 7.11 Å². The number of nitrogens with zero attached hydrogens (tertiary/aromatic N) is 4. The maximum absolute atomic E-state index is 12.3. The highest BCUT2D eigenvalue weighted by atomic mass is 31.2. The van der Waals surface area contributed by atoms with Crippen LogP contribution < -0.4 is 36.7 Å². The average molecular weight is 689 g/mol. The van der Waals surface area contributed by atoms with Gasteiger partial charge in [-0.2, -0.15) is 24.6 Å². The van der Waals surface area contributed by atoms with Crippen molar-refractivity contribution < 1.29 is 61.8 Å². The van der Waals surface area contributed by atoms with Gasteiger partial charge < -0.3 is 45.4 Å². The summed E-state index contributed by atoms with van der Waals surface area (Å²) in [6, 6.07) is 0. The standard InChI is InChI=1S/C21H23N9O14P2/c1-38-13-8-3-40-45(34,35)43-12-7(41-19(11(12)31)29-5-25-9-15(29)23-4-24-17(9)32)2-39-46(36,37)44-14(13)20(42-8)30-6-26-10-16(30)27-21(22)28-18(10)33/h3,6,13,15,23-25,34-37H,2,4-5H2,1H3,(H3-2,22,27,28,31,32,33)/p+2/b8-3+/t13-,15?/m1/s1. The van der Waals surface area contributed by atoms with E-state index in [1.165, 1.54) is 12.0 Å². The number of aromatic amines is 1. The van der Waals surface area contributed by atoms with Crippen LogP contribution in [0.1, 0.15) is 5.76 Å². The predicted molar refractivity (Wildman–Crippen MR) is 151 cm³/mol. The van der Waals surface area contributed by atoms with Gasteiger partial charge in [0.15, 0.2) is 41.7 Å². The number of anilines is 2. The number of aliphatic hydroxyl groups excluding tert-OH is 1. The molecule has 7 heterocycles. The second kappa shape index (κ2) is 10.8. The van der Waals surface area contributed by atoms with Gasteiger partial charge >= 0.3 is 16.3 Å². The first-order valence-corrected chi connectivity index (χ1v) is 16.0. The lowest BCUT2D eigenvalue weighted by molar-refractivity contribution is 0.0792. The Morgan fingerprint density at radius 3 is 2.74 bits per heavy atom. The highest BCUT2D eigenvalue weighted by Gasteiger charge is 2.53. The summed E-state index contributed by atoms with van der Waals surface area (Å²) in [5.74, 6) is -3.70. The number of nitrogens with two attached hydrogens (primary N) is 1. The number of rotatable bonds is 3. The van der Waals surface area contributed by atoms with Crippen molar-refractivity contribution >= 4 is 45.2 Å². The minimum atomic E-state index is -4.92. The fraction of sp³-hybridized carbons (Fsp3) is 0.286. The Bertz CT molecular complexity index is 1880. The molecule has 1 fully saturated rings. The summed E-state index contributed by atoms with van der Waals surface area (Å²) in [5.41, 5.74) is 5.04. The maximum Gasteiger partial charge on any atom is 0.663 e. The summed E-state index contributed by atoms with van der Waals surface area (Å²) in [5, 5.41) is 29.9. The van der Waals surface area contributed by atoms with Gasteiger partial charge in [0.05, 0.1) is 13.3 Å². The van der Waals surface area contributed by atoms with Gasteiger partial charge in [-0.05, 0) is 0 Å². The van der Waals surface area contributed by atoms with Crippen LogP contribution >= 0.6 is 16.3 Å². The zero-order valence-electron chi connectivity index (χ0n) is 23.1. The monoisotopic (exact) mass is 689 g/mol. The van der Waals surface area contributed by atoms with Crippen LogP contribution in [0.3, 0.4) is 0 Å². The molecule has 0 aliphatic carbocycles. The molecule has 246 valence electrons. The van der Waals surface area contributed by atoms with E-state index in [4.69, 9.17) is 37.7 Å². The molecule has 2 bridgehead atoms. The van der Waals surface area contributed by atoms with E-state index in [0.29, 0.717) is 12.0 Å². The number of nitrogen functional groups attached to an aromatic ring is 1. The second-order valence-corrected chi connectivity index (χ2v) is 12.5. The summed E-state index contributed by atoms with van der Waals surface area (Å²) in [6.45, 7) is -0.718. The zero-order valence-corrected chi connectivity index (χ0v) is 24.9. The third-order valence-electron chi connectivity index (χ3n) is 6.88. The maximum atomic E-state index is 12.3. The van der Waals surface area contributed by atoms with Crippen LogP contribution in [0.2, 0.25) is 0 Å². The molecule has 12 N–H and O–H groups in total. The molecular formula is C21H25N9O14P2+2. The number of furan rings is 1. The largest absolute Gasteiger partial charge is 0.663 e. The number of nitrogens with one attached hydrogen (secondary N) is 4. The number of imidazole rings is 1. The lowest BCUT2D eigenvalue weighted by atomic mass is 10.3. The van der Waals surface area contributed by atoms with Crippen LogP contribution in [0.25, 0.3) is 17.0 Å². The van der Waals surface area contributed by atoms with E-state index in [1.807, 2.05) is 0 Å². The molecule has 1 saturated heterocycles. The van der Waals surface area contributed by atoms with E-state index < -0.39 is 63.8 Å². The number of methoxy groups -OCH3 is 1. The molecule has 25 heteroatoms. The molecule has 0 saturated carbocycles. The van der Waals surface area contributed by atoms with Crippen molar-refractivity contribution in [2.75, 3.05) is 31.1 Å². The van der Waals surface area contributed by atoms with E-state index in [0.717, 1.165) is 10.9 Å². The minimum absolute atomic E-state index is 0.00269. The average Bonchev–Trinajstić information content (AvgIpc) is 3.75. The predicted octanol–water partition coefficient (Wildman–Crippen LogP) is -1.45. The first kappa shape index (κ1) is 30.1. The SMILES string of the molecule is CO[C@H]1C2=C(n3cnc4c(=O)[nH]c(N)nc43)O/C1=C/O[P+](O)(O)Oc1c(oc(N3CNC4=C(O)NCNC43)c1O)CO[P+](O)(O)O2. The van der Waals surface area contributed by atoms with Crippen LogP contribution in [0, 0.1) is 0 Å². The summed E-state index contributed by atoms with van der Waals surface area (Å²) < 4.78 is 39.1. The number of fused-ring (bicyclic) bond motifs is 5. The van der Waals surface area contributed by atoms with Crippen LogP contribution in [0.15, 0.2) is 44.9 Å². The molecule has 23 nitrogen and oxygen atoms in total. The molecule has 0 spiro atoms. The number of ether oxygens (including phenoxy) is 2. The molecule has 2 atom stereocenters. The van der Waals surface area contributed by atoms with Crippen molar-refractivity contribution in [1.82, 2.24) is 35.5 Å². The Labute approximate surface area is 256 Å². The normalized spacial score (nSPS) is 24.9. The molecular weight excluding hydrogens is 664 g/mol. The lowest BCUT2D eigenvalue weighted by Gasteiger charge is -2.27. The van der Waals surface area contributed by atoms with Crippen LogP contribution in [-0.4, -0.2) is 82.0 Å². The van der Waals surface area contributed by atoms with Gasteiger partial charge in [0.2, 0.25) is 23.5 Å². The molecule has 1 unspecified atom stereocenters. The molecule has 0 amide bonds. The van der Waals surface area contributed by atoms with Gasteiger partial charge in [-0.1, -0.05) is 0 Å². The number of hydrogen-bond acceptors (Lipinski definition) is 21. The Kier molecular flexibility index (Phi) is 7.04. The molecule has 4 aliphatic rings. The fourth-order valence-electron chi connectivity index (χ4n) is 4.93. The van der Waals surface area contributed by atoms with Crippen molar-refractivity contribution in [3.05, 3.63) is 51.8 Å². The van der Waals surface area contributed by atoms with Gasteiger partial charge in [-0.25, -0.2) is 14.1 Å². The van der Waals surface area contributed by atoms with Crippen molar-refractivity contribution in [1.29, 1.82) is 0 Å². The van der Waals surface area contributed by atoms with E-state index in [2.05, 4.69) is 30.9 Å². The van der Waals surface area contributed by atoms with Crippen LogP contribution in [-0.2, 0) is 29.7 Å². The third kappa shape index (κ3) is 5.05. The van der Waals surface area contributed by atoms with E-state index in [9.17, 15) is 34.6 Å². The zero-order chi connectivity index (χ0) is 32.5. The van der Waals surface area contributed by atoms with E-state index >= 15 is 0 Å². The molecule has 3 aromatic heterocycles. The number of aromatic nitrogens is 4. The van der Waals surface area contributed by atoms with Crippen molar-refractivity contribution in [2.45, 2.75) is 18.9 Å². The summed E-state index contributed by atoms with van der Waals surface area (Å²) in [7, 11) is -8.63. The summed E-state index contributed by atoms with van der Waals surface area (Å²) >= 11 is 0. The highest BCUT2D eigenvalue weighted by molar-refractivity contribution is 7.55. The molecule has 0 aromatic carbocycles. The number of H-pyrrole nitrogens is 1. The summed E-state index contributed by atoms with van der Waals surface area (Å²) in [4.78, 5) is 67.3. The number of aliphatic hydroxyl groups is 1. The molecule has 0 radical (unpaired) electrons. The first-order chi connectivity index (χ1) is 21.9. The van der Waals surface area contributed by atoms with Gasteiger partial charge in [0.25, 0.3) is 23.0 Å². The number of hydrogen-bond donors (Lipinski definition) is 11. The quantitative estimate of drug-likeness (QED) is 0.140. The smallest absolute Gasteiger partial charge is 0.500 e. The molecule has 7 rings (SSSR count). The molecule has 46 heavy (non-hydrogen) atoms. The first-order valence-electron chi connectivity index (χ1n) is 12.9. The topological polar surface area (TPSA) is 319 Å². The van der Waals surface area contributed by atoms with Gasteiger partial charge in [0.1, 0.15) is 18.2 Å². The van der Waals surface area contributed by atoms with Gasteiger partial charge in [-0.3, -0.25) is 24.1 Å².